The second-order valence-electron chi connectivity index (χ2n) is 7.15. The van der Waals surface area contributed by atoms with E-state index in [1.54, 1.807) is 54.6 Å². The minimum atomic E-state index is -0.636. The maximum Gasteiger partial charge on any atom is 0.359 e. The van der Waals surface area contributed by atoms with Gasteiger partial charge >= 0.3 is 5.97 Å². The highest BCUT2D eigenvalue weighted by molar-refractivity contribution is 7.13. The number of esters is 1. The van der Waals surface area contributed by atoms with E-state index in [-0.39, 0.29) is 17.9 Å². The van der Waals surface area contributed by atoms with Crippen LogP contribution in [0.1, 0.15) is 16.2 Å². The van der Waals surface area contributed by atoms with Crippen LogP contribution in [0.15, 0.2) is 89.0 Å². The Hall–Kier alpha value is -3.81. The van der Waals surface area contributed by atoms with Crippen LogP contribution in [-0.4, -0.2) is 20.7 Å². The maximum absolute atomic E-state index is 13.0. The van der Waals surface area contributed by atoms with Gasteiger partial charge in [-0.1, -0.05) is 66.2 Å². The van der Waals surface area contributed by atoms with E-state index < -0.39 is 5.97 Å². The van der Waals surface area contributed by atoms with Crippen LogP contribution in [0.5, 0.6) is 0 Å². The number of halogens is 1. The summed E-state index contributed by atoms with van der Waals surface area (Å²) in [6.07, 6.45) is 0. The number of thiazole rings is 1. The summed E-state index contributed by atoms with van der Waals surface area (Å²) in [5, 5.41) is 8.34. The minimum absolute atomic E-state index is 0.0275. The molecular formula is C25H16ClN3O3S. The van der Waals surface area contributed by atoms with Gasteiger partial charge in [-0.3, -0.25) is 4.79 Å². The van der Waals surface area contributed by atoms with Crippen molar-refractivity contribution in [2.75, 3.05) is 0 Å². The molecule has 2 aromatic heterocycles. The van der Waals surface area contributed by atoms with Gasteiger partial charge < -0.3 is 4.74 Å². The van der Waals surface area contributed by atoms with Gasteiger partial charge in [0.1, 0.15) is 11.6 Å². The number of carbonyl (C=O) groups is 1. The van der Waals surface area contributed by atoms with Crippen LogP contribution >= 0.6 is 22.9 Å². The summed E-state index contributed by atoms with van der Waals surface area (Å²) >= 11 is 7.67. The number of benzene rings is 3. The molecule has 0 saturated carbocycles. The summed E-state index contributed by atoms with van der Waals surface area (Å²) in [6.45, 7) is -0.0275. The fourth-order valence-electron chi connectivity index (χ4n) is 3.42. The van der Waals surface area contributed by atoms with Gasteiger partial charge in [0, 0.05) is 16.3 Å². The van der Waals surface area contributed by atoms with Gasteiger partial charge in [0.2, 0.25) is 0 Å². The predicted molar refractivity (Wildman–Crippen MR) is 129 cm³/mol. The highest BCUT2D eigenvalue weighted by Gasteiger charge is 2.19. The molecule has 8 heteroatoms. The lowest BCUT2D eigenvalue weighted by molar-refractivity contribution is 0.0462. The zero-order chi connectivity index (χ0) is 22.8. The number of hydrogen-bond acceptors (Lipinski definition) is 6. The van der Waals surface area contributed by atoms with Crippen LogP contribution in [0.2, 0.25) is 5.02 Å². The smallest absolute Gasteiger partial charge is 0.359 e. The van der Waals surface area contributed by atoms with Gasteiger partial charge in [0.25, 0.3) is 5.56 Å². The number of rotatable bonds is 5. The van der Waals surface area contributed by atoms with Crippen LogP contribution in [0, 0.1) is 0 Å². The largest absolute Gasteiger partial charge is 0.454 e. The third kappa shape index (κ3) is 4.16. The minimum Gasteiger partial charge on any atom is -0.454 e. The van der Waals surface area contributed by atoms with Gasteiger partial charge in [-0.25, -0.2) is 9.78 Å². The van der Waals surface area contributed by atoms with E-state index in [0.29, 0.717) is 27.2 Å². The molecular weight excluding hydrogens is 458 g/mol. The molecule has 5 aromatic rings. The van der Waals surface area contributed by atoms with E-state index in [1.807, 2.05) is 29.6 Å². The SMILES string of the molecule is O=C(OCc1csc(-c2ccccc2Cl)n1)c1nn(-c2ccccc2)c(=O)c2ccccc12. The van der Waals surface area contributed by atoms with Crippen LogP contribution < -0.4 is 5.56 Å². The molecule has 0 spiro atoms. The Labute approximate surface area is 197 Å². The molecule has 0 aliphatic rings. The van der Waals surface area contributed by atoms with Gasteiger partial charge in [-0.2, -0.15) is 9.78 Å². The van der Waals surface area contributed by atoms with Crippen molar-refractivity contribution >= 4 is 39.7 Å². The number of hydrogen-bond donors (Lipinski definition) is 0. The van der Waals surface area contributed by atoms with Crippen molar-refractivity contribution in [3.63, 3.8) is 0 Å². The fraction of sp³-hybridized carbons (Fsp3) is 0.0400. The highest BCUT2D eigenvalue weighted by atomic mass is 35.5. The van der Waals surface area contributed by atoms with Crippen LogP contribution in [-0.2, 0) is 11.3 Å². The molecule has 3 aromatic carbocycles. The Balaban J connectivity index is 1.45. The molecule has 0 radical (unpaired) electrons. The van der Waals surface area contributed by atoms with E-state index in [9.17, 15) is 9.59 Å². The molecule has 6 nitrogen and oxygen atoms in total. The van der Waals surface area contributed by atoms with E-state index >= 15 is 0 Å². The summed E-state index contributed by atoms with van der Waals surface area (Å²) in [4.78, 5) is 30.5. The van der Waals surface area contributed by atoms with Crippen molar-refractivity contribution in [1.82, 2.24) is 14.8 Å². The lowest BCUT2D eigenvalue weighted by Crippen LogP contribution is -2.25. The number of fused-ring (bicyclic) bond motifs is 1. The zero-order valence-corrected chi connectivity index (χ0v) is 18.7. The van der Waals surface area contributed by atoms with Gasteiger partial charge in [0.05, 0.1) is 21.8 Å². The number of para-hydroxylation sites is 1. The van der Waals surface area contributed by atoms with Crippen LogP contribution in [0.25, 0.3) is 27.0 Å². The predicted octanol–water partition coefficient (Wildman–Crippen LogP) is 5.52. The Morgan fingerprint density at radius 3 is 2.42 bits per heavy atom. The molecule has 33 heavy (non-hydrogen) atoms. The maximum atomic E-state index is 13.0. The molecule has 2 heterocycles. The first kappa shape index (κ1) is 21.1. The van der Waals surface area contributed by atoms with Crippen molar-refractivity contribution in [3.05, 3.63) is 111 Å². The van der Waals surface area contributed by atoms with E-state index in [2.05, 4.69) is 10.1 Å². The Morgan fingerprint density at radius 2 is 1.64 bits per heavy atom. The van der Waals surface area contributed by atoms with Crippen molar-refractivity contribution < 1.29 is 9.53 Å². The first-order valence-corrected chi connectivity index (χ1v) is 11.3. The lowest BCUT2D eigenvalue weighted by atomic mass is 10.1. The van der Waals surface area contributed by atoms with E-state index in [4.69, 9.17) is 16.3 Å². The van der Waals surface area contributed by atoms with Crippen molar-refractivity contribution in [2.24, 2.45) is 0 Å². The second kappa shape index (κ2) is 8.97. The molecule has 0 aliphatic carbocycles. The normalized spacial score (nSPS) is 10.9. The standard InChI is InChI=1S/C25H16ClN3O3S/c26-21-13-7-6-12-20(21)23-27-16(15-33-23)14-32-25(31)22-18-10-4-5-11-19(18)24(30)29(28-22)17-8-2-1-3-9-17/h1-13,15H,14H2. The average molecular weight is 474 g/mol. The highest BCUT2D eigenvalue weighted by Crippen LogP contribution is 2.30. The molecule has 0 saturated heterocycles. The Kier molecular flexibility index (Phi) is 5.73. The van der Waals surface area contributed by atoms with Crippen molar-refractivity contribution in [2.45, 2.75) is 6.61 Å². The van der Waals surface area contributed by atoms with Crippen LogP contribution in [0.3, 0.4) is 0 Å². The zero-order valence-electron chi connectivity index (χ0n) is 17.1. The van der Waals surface area contributed by atoms with Crippen molar-refractivity contribution in [1.29, 1.82) is 0 Å². The number of ether oxygens (including phenoxy) is 1. The Morgan fingerprint density at radius 1 is 0.939 bits per heavy atom. The molecule has 0 amide bonds. The van der Waals surface area contributed by atoms with Crippen molar-refractivity contribution in [3.8, 4) is 16.3 Å². The van der Waals surface area contributed by atoms with Gasteiger partial charge in [0.15, 0.2) is 5.69 Å². The topological polar surface area (TPSA) is 74.1 Å². The second-order valence-corrected chi connectivity index (χ2v) is 8.41. The summed E-state index contributed by atoms with van der Waals surface area (Å²) in [6, 6.07) is 23.3. The molecule has 0 fully saturated rings. The molecule has 162 valence electrons. The summed E-state index contributed by atoms with van der Waals surface area (Å²) in [7, 11) is 0. The lowest BCUT2D eigenvalue weighted by Gasteiger charge is -2.10. The first-order valence-electron chi connectivity index (χ1n) is 10.1. The Bertz CT molecular complexity index is 1530. The number of nitrogens with zero attached hydrogens (tertiary/aromatic N) is 3. The van der Waals surface area contributed by atoms with E-state index in [1.165, 1.54) is 16.0 Å². The molecule has 5 rings (SSSR count). The summed E-state index contributed by atoms with van der Waals surface area (Å²) in [5.41, 5.74) is 1.74. The molecule has 0 N–H and O–H groups in total. The third-order valence-electron chi connectivity index (χ3n) is 5.01. The van der Waals surface area contributed by atoms with E-state index in [0.717, 1.165) is 10.6 Å². The molecule has 0 atom stereocenters. The summed E-state index contributed by atoms with van der Waals surface area (Å²) < 4.78 is 6.75. The number of carbonyl (C=O) groups excluding carboxylic acids is 1. The van der Waals surface area contributed by atoms with Crippen LogP contribution in [0.4, 0.5) is 0 Å². The quantitative estimate of drug-likeness (QED) is 0.314. The van der Waals surface area contributed by atoms with Gasteiger partial charge in [-0.15, -0.1) is 11.3 Å². The van der Waals surface area contributed by atoms with Gasteiger partial charge in [-0.05, 0) is 24.3 Å². The average Bonchev–Trinajstić information content (AvgIpc) is 3.32. The first-order chi connectivity index (χ1) is 16.1. The summed E-state index contributed by atoms with van der Waals surface area (Å²) in [5.74, 6) is -0.636. The number of aromatic nitrogens is 3. The fourth-order valence-corrected chi connectivity index (χ4v) is 4.55. The third-order valence-corrected chi connectivity index (χ3v) is 6.26. The molecule has 0 bridgehead atoms. The molecule has 0 unspecified atom stereocenters. The molecule has 0 aliphatic heterocycles. The monoisotopic (exact) mass is 473 g/mol.